The zero-order chi connectivity index (χ0) is 13.1. The van der Waals surface area contributed by atoms with Gasteiger partial charge in [0.25, 0.3) is 0 Å². The molecule has 1 fully saturated rings. The molecular weight excluding hydrogens is 229 g/mol. The van der Waals surface area contributed by atoms with Crippen LogP contribution in [0.2, 0.25) is 0 Å². The van der Waals surface area contributed by atoms with Crippen molar-refractivity contribution in [3.05, 3.63) is 0 Å². The van der Waals surface area contributed by atoms with Crippen molar-refractivity contribution >= 4 is 0 Å². The number of nitrogens with one attached hydrogen (secondary N) is 1. The van der Waals surface area contributed by atoms with Crippen LogP contribution < -0.4 is 5.32 Å². The third kappa shape index (κ3) is 6.27. The summed E-state index contributed by atoms with van der Waals surface area (Å²) in [7, 11) is 0. The minimum absolute atomic E-state index is 0.173. The van der Waals surface area contributed by atoms with Gasteiger partial charge < -0.3 is 5.32 Å². The molecule has 0 saturated heterocycles. The highest BCUT2D eigenvalue weighted by Gasteiger charge is 2.33. The fourth-order valence-electron chi connectivity index (χ4n) is 2.06. The Labute approximate surface area is 102 Å². The van der Waals surface area contributed by atoms with Crippen LogP contribution in [0.1, 0.15) is 33.6 Å². The van der Waals surface area contributed by atoms with Gasteiger partial charge in [-0.05, 0) is 25.7 Å². The van der Waals surface area contributed by atoms with Crippen molar-refractivity contribution in [3.63, 3.8) is 0 Å². The molecule has 1 atom stereocenters. The highest BCUT2D eigenvalue weighted by molar-refractivity contribution is 4.88. The predicted octanol–water partition coefficient (Wildman–Crippen LogP) is 2.65. The van der Waals surface area contributed by atoms with E-state index in [0.29, 0.717) is 18.5 Å². The van der Waals surface area contributed by atoms with Crippen LogP contribution in [0.3, 0.4) is 0 Å². The smallest absolute Gasteiger partial charge is 0.307 e. The number of hydrogen-bond donors (Lipinski definition) is 1. The molecule has 1 aliphatic rings. The van der Waals surface area contributed by atoms with Crippen LogP contribution in [0.4, 0.5) is 13.2 Å². The van der Waals surface area contributed by atoms with Gasteiger partial charge in [-0.2, -0.15) is 13.2 Å². The van der Waals surface area contributed by atoms with Gasteiger partial charge in [0.05, 0.1) is 6.54 Å². The van der Waals surface area contributed by atoms with Gasteiger partial charge in [0.2, 0.25) is 0 Å². The first kappa shape index (κ1) is 14.8. The van der Waals surface area contributed by atoms with Crippen molar-refractivity contribution in [1.29, 1.82) is 0 Å². The Hall–Kier alpha value is -0.290. The summed E-state index contributed by atoms with van der Waals surface area (Å²) < 4.78 is 36.0. The van der Waals surface area contributed by atoms with Gasteiger partial charge in [-0.25, -0.2) is 0 Å². The molecule has 0 amide bonds. The summed E-state index contributed by atoms with van der Waals surface area (Å²) >= 11 is 0. The number of hydrogen-bond acceptors (Lipinski definition) is 2. The van der Waals surface area contributed by atoms with E-state index in [4.69, 9.17) is 0 Å². The lowest BCUT2D eigenvalue weighted by molar-refractivity contribution is -0.125. The van der Waals surface area contributed by atoms with Crippen LogP contribution in [-0.4, -0.2) is 42.8 Å². The molecule has 0 aromatic carbocycles. The van der Waals surface area contributed by atoms with E-state index in [1.165, 1.54) is 12.8 Å². The summed E-state index contributed by atoms with van der Waals surface area (Å²) in [5, 5.41) is 2.49. The number of nitrogens with zero attached hydrogens (tertiary/aromatic N) is 1. The molecule has 102 valence electrons. The van der Waals surface area contributed by atoms with Gasteiger partial charge in [-0.1, -0.05) is 13.8 Å². The van der Waals surface area contributed by atoms with Gasteiger partial charge in [0.1, 0.15) is 0 Å². The average Bonchev–Trinajstić information content (AvgIpc) is 2.94. The molecule has 0 radical (unpaired) electrons. The highest BCUT2D eigenvalue weighted by Crippen LogP contribution is 2.29. The van der Waals surface area contributed by atoms with Gasteiger partial charge in [-0.15, -0.1) is 0 Å². The fourth-order valence-corrected chi connectivity index (χ4v) is 2.06. The summed E-state index contributed by atoms with van der Waals surface area (Å²) in [6, 6.07) is 0.771. The Kier molecular flexibility index (Phi) is 5.25. The quantitative estimate of drug-likeness (QED) is 0.749. The van der Waals surface area contributed by atoms with Gasteiger partial charge >= 0.3 is 6.18 Å². The number of halogens is 3. The number of rotatable bonds is 7. The van der Waals surface area contributed by atoms with Crippen molar-refractivity contribution in [3.8, 4) is 0 Å². The lowest BCUT2D eigenvalue weighted by atomic mass is 10.1. The van der Waals surface area contributed by atoms with Gasteiger partial charge in [-0.3, -0.25) is 4.90 Å². The SMILES string of the molecule is CC(C)CN(C(C)CNCC(F)(F)F)C1CC1. The van der Waals surface area contributed by atoms with Crippen molar-refractivity contribution in [2.24, 2.45) is 5.92 Å². The molecule has 1 rings (SSSR count). The summed E-state index contributed by atoms with van der Waals surface area (Å²) in [5.74, 6) is 0.556. The van der Waals surface area contributed by atoms with Crippen molar-refractivity contribution in [2.45, 2.75) is 51.9 Å². The van der Waals surface area contributed by atoms with E-state index in [1.807, 2.05) is 6.92 Å². The maximum atomic E-state index is 12.0. The standard InChI is InChI=1S/C12H23F3N2/c1-9(2)7-17(11-4-5-11)10(3)6-16-8-12(13,14)15/h9-11,16H,4-8H2,1-3H3. The maximum Gasteiger partial charge on any atom is 0.401 e. The fraction of sp³-hybridized carbons (Fsp3) is 1.00. The monoisotopic (exact) mass is 252 g/mol. The van der Waals surface area contributed by atoms with Crippen LogP contribution in [0.25, 0.3) is 0 Å². The van der Waals surface area contributed by atoms with Crippen molar-refractivity contribution in [1.82, 2.24) is 10.2 Å². The van der Waals surface area contributed by atoms with E-state index < -0.39 is 12.7 Å². The van der Waals surface area contributed by atoms with Gasteiger partial charge in [0.15, 0.2) is 0 Å². The second-order valence-electron chi connectivity index (χ2n) is 5.42. The molecule has 1 aliphatic carbocycles. The molecule has 0 spiro atoms. The molecule has 17 heavy (non-hydrogen) atoms. The molecular formula is C12H23F3N2. The van der Waals surface area contributed by atoms with E-state index >= 15 is 0 Å². The third-order valence-corrected chi connectivity index (χ3v) is 2.92. The van der Waals surface area contributed by atoms with E-state index in [0.717, 1.165) is 6.54 Å². The van der Waals surface area contributed by atoms with E-state index in [9.17, 15) is 13.2 Å². The molecule has 0 bridgehead atoms. The maximum absolute atomic E-state index is 12.0. The van der Waals surface area contributed by atoms with Crippen molar-refractivity contribution < 1.29 is 13.2 Å². The zero-order valence-electron chi connectivity index (χ0n) is 10.8. The van der Waals surface area contributed by atoms with E-state index in [2.05, 4.69) is 24.1 Å². The topological polar surface area (TPSA) is 15.3 Å². The Bertz CT molecular complexity index is 224. The summed E-state index contributed by atoms with van der Waals surface area (Å²) in [4.78, 5) is 2.34. The lowest BCUT2D eigenvalue weighted by Gasteiger charge is -2.31. The first-order chi connectivity index (χ1) is 7.79. The van der Waals surface area contributed by atoms with E-state index in [1.54, 1.807) is 0 Å². The highest BCUT2D eigenvalue weighted by atomic mass is 19.4. The van der Waals surface area contributed by atoms with Crippen LogP contribution in [-0.2, 0) is 0 Å². The minimum atomic E-state index is -4.11. The Balaban J connectivity index is 2.30. The molecule has 2 nitrogen and oxygen atoms in total. The van der Waals surface area contributed by atoms with Crippen LogP contribution in [0, 0.1) is 5.92 Å². The van der Waals surface area contributed by atoms with Crippen LogP contribution in [0.15, 0.2) is 0 Å². The Morgan fingerprint density at radius 3 is 2.24 bits per heavy atom. The Morgan fingerprint density at radius 1 is 1.24 bits per heavy atom. The van der Waals surface area contributed by atoms with E-state index in [-0.39, 0.29) is 6.04 Å². The molecule has 0 aliphatic heterocycles. The molecule has 1 unspecified atom stereocenters. The summed E-state index contributed by atoms with van der Waals surface area (Å²) in [6.45, 7) is 6.78. The molecule has 0 aromatic heterocycles. The minimum Gasteiger partial charge on any atom is -0.307 e. The summed E-state index contributed by atoms with van der Waals surface area (Å²) in [5.41, 5.74) is 0. The van der Waals surface area contributed by atoms with Crippen LogP contribution >= 0.6 is 0 Å². The molecule has 1 saturated carbocycles. The molecule has 5 heteroatoms. The van der Waals surface area contributed by atoms with Crippen molar-refractivity contribution in [2.75, 3.05) is 19.6 Å². The number of alkyl halides is 3. The third-order valence-electron chi connectivity index (χ3n) is 2.92. The predicted molar refractivity (Wildman–Crippen MR) is 63.0 cm³/mol. The largest absolute Gasteiger partial charge is 0.401 e. The first-order valence-corrected chi connectivity index (χ1v) is 6.33. The molecule has 0 heterocycles. The second kappa shape index (κ2) is 6.05. The van der Waals surface area contributed by atoms with Crippen LogP contribution in [0.5, 0.6) is 0 Å². The normalized spacial score (nSPS) is 19.1. The summed E-state index contributed by atoms with van der Waals surface area (Å²) in [6.07, 6.45) is -1.73. The second-order valence-corrected chi connectivity index (χ2v) is 5.42. The average molecular weight is 252 g/mol. The molecule has 0 aromatic rings. The zero-order valence-corrected chi connectivity index (χ0v) is 10.8. The first-order valence-electron chi connectivity index (χ1n) is 6.33. The lowest BCUT2D eigenvalue weighted by Crippen LogP contribution is -2.45. The Morgan fingerprint density at radius 2 is 1.82 bits per heavy atom. The van der Waals surface area contributed by atoms with Gasteiger partial charge in [0, 0.05) is 25.2 Å². The molecule has 1 N–H and O–H groups in total.